The number of nitrogens with two attached hydrogens (primary N) is 2. The molecule has 2 unspecified atom stereocenters. The monoisotopic (exact) mass is 424 g/mol. The van der Waals surface area contributed by atoms with E-state index >= 15 is 0 Å². The van der Waals surface area contributed by atoms with Crippen LogP contribution in [0.25, 0.3) is 11.2 Å². The van der Waals surface area contributed by atoms with Gasteiger partial charge in [-0.25, -0.2) is 20.1 Å². The van der Waals surface area contributed by atoms with E-state index in [1.165, 1.54) is 10.9 Å². The van der Waals surface area contributed by atoms with E-state index in [-0.39, 0.29) is 21.7 Å². The van der Waals surface area contributed by atoms with Crippen molar-refractivity contribution in [1.29, 1.82) is 0 Å². The SMILES string of the molecule is Nc1nc(Br)nc2c1ncn2[C@@H]1O[C@H](COS(N)(=O)=O)C(O)C1O. The van der Waals surface area contributed by atoms with Crippen LogP contribution in [0.3, 0.4) is 0 Å². The van der Waals surface area contributed by atoms with Crippen molar-refractivity contribution >= 4 is 43.2 Å². The van der Waals surface area contributed by atoms with Crippen LogP contribution < -0.4 is 10.9 Å². The predicted molar refractivity (Wildman–Crippen MR) is 82.4 cm³/mol. The van der Waals surface area contributed by atoms with Crippen molar-refractivity contribution in [3.63, 3.8) is 0 Å². The van der Waals surface area contributed by atoms with Crippen molar-refractivity contribution in [1.82, 2.24) is 19.5 Å². The lowest BCUT2D eigenvalue weighted by Crippen LogP contribution is -2.35. The lowest BCUT2D eigenvalue weighted by Gasteiger charge is -2.16. The number of aliphatic hydroxyl groups excluding tert-OH is 2. The van der Waals surface area contributed by atoms with Crippen molar-refractivity contribution in [3.05, 3.63) is 11.1 Å². The van der Waals surface area contributed by atoms with Crippen LogP contribution in [0.4, 0.5) is 5.82 Å². The quantitative estimate of drug-likeness (QED) is 0.399. The summed E-state index contributed by atoms with van der Waals surface area (Å²) in [5, 5.41) is 24.9. The molecule has 1 saturated heterocycles. The number of nitrogen functional groups attached to an aromatic ring is 1. The number of aliphatic hydroxyl groups is 2. The first-order chi connectivity index (χ1) is 11.2. The zero-order valence-corrected chi connectivity index (χ0v) is 14.3. The molecule has 12 nitrogen and oxygen atoms in total. The fraction of sp³-hybridized carbons (Fsp3) is 0.500. The largest absolute Gasteiger partial charge is 0.387 e. The van der Waals surface area contributed by atoms with Gasteiger partial charge in [0.15, 0.2) is 17.7 Å². The van der Waals surface area contributed by atoms with Crippen LogP contribution in [-0.4, -0.2) is 63.1 Å². The van der Waals surface area contributed by atoms with E-state index in [9.17, 15) is 18.6 Å². The molecule has 1 aliphatic rings. The number of aromatic nitrogens is 4. The van der Waals surface area contributed by atoms with Crippen molar-refractivity contribution < 1.29 is 27.6 Å². The number of imidazole rings is 1. The fourth-order valence-electron chi connectivity index (χ4n) is 2.36. The van der Waals surface area contributed by atoms with E-state index in [4.69, 9.17) is 15.6 Å². The van der Waals surface area contributed by atoms with Gasteiger partial charge >= 0.3 is 10.3 Å². The number of halogens is 1. The second-order valence-electron chi connectivity index (χ2n) is 5.03. The molecule has 0 aromatic carbocycles. The Kier molecular flexibility index (Phi) is 4.45. The van der Waals surface area contributed by atoms with Gasteiger partial charge in [-0.1, -0.05) is 0 Å². The molecule has 14 heteroatoms. The number of rotatable bonds is 4. The molecule has 3 heterocycles. The van der Waals surface area contributed by atoms with Crippen molar-refractivity contribution in [2.75, 3.05) is 12.3 Å². The number of fused-ring (bicyclic) bond motifs is 1. The average Bonchev–Trinajstić information content (AvgIpc) is 3.00. The molecule has 0 bridgehead atoms. The fourth-order valence-corrected chi connectivity index (χ4v) is 3.04. The normalized spacial score (nSPS) is 27.8. The molecule has 24 heavy (non-hydrogen) atoms. The standard InChI is InChI=1S/C10H13BrN6O6S/c11-10-15-7(12)4-8(16-10)17(2-14-4)9-6(19)5(18)3(23-9)1-22-24(13,20)21/h2-3,5-6,9,18-19H,1H2,(H2,12,15,16)(H2,13,20,21)/t3-,5?,6?,9-/m1/s1. The van der Waals surface area contributed by atoms with E-state index < -0.39 is 41.5 Å². The number of hydrogen-bond donors (Lipinski definition) is 4. The molecule has 1 fully saturated rings. The third-order valence-corrected chi connectivity index (χ3v) is 4.25. The highest BCUT2D eigenvalue weighted by molar-refractivity contribution is 9.10. The highest BCUT2D eigenvalue weighted by atomic mass is 79.9. The van der Waals surface area contributed by atoms with Crippen LogP contribution in [0.15, 0.2) is 11.1 Å². The molecular weight excluding hydrogens is 412 g/mol. The molecule has 132 valence electrons. The van der Waals surface area contributed by atoms with Crippen molar-refractivity contribution in [3.8, 4) is 0 Å². The lowest BCUT2D eigenvalue weighted by atomic mass is 10.1. The Bertz CT molecular complexity index is 874. The summed E-state index contributed by atoms with van der Waals surface area (Å²) in [6.07, 6.45) is -3.68. The van der Waals surface area contributed by atoms with E-state index in [0.29, 0.717) is 0 Å². The Morgan fingerprint density at radius 2 is 2.08 bits per heavy atom. The van der Waals surface area contributed by atoms with Gasteiger partial charge in [0.25, 0.3) is 0 Å². The summed E-state index contributed by atoms with van der Waals surface area (Å²) in [5.41, 5.74) is 6.29. The van der Waals surface area contributed by atoms with Gasteiger partial charge in [-0.15, -0.1) is 0 Å². The van der Waals surface area contributed by atoms with E-state index in [1.54, 1.807) is 0 Å². The maximum Gasteiger partial charge on any atom is 0.333 e. The molecule has 0 aliphatic carbocycles. The van der Waals surface area contributed by atoms with Gasteiger partial charge in [0.2, 0.25) is 4.73 Å². The van der Waals surface area contributed by atoms with Crippen LogP contribution >= 0.6 is 15.9 Å². The smallest absolute Gasteiger partial charge is 0.333 e. The topological polar surface area (TPSA) is 189 Å². The van der Waals surface area contributed by atoms with Crippen LogP contribution in [0.5, 0.6) is 0 Å². The molecule has 2 aromatic rings. The second-order valence-corrected chi connectivity index (χ2v) is 6.96. The Hall–Kier alpha value is -1.42. The summed E-state index contributed by atoms with van der Waals surface area (Å²) in [6, 6.07) is 0. The van der Waals surface area contributed by atoms with Crippen LogP contribution in [0.1, 0.15) is 6.23 Å². The molecule has 2 aromatic heterocycles. The third-order valence-electron chi connectivity index (χ3n) is 3.43. The van der Waals surface area contributed by atoms with E-state index in [0.717, 1.165) is 0 Å². The Balaban J connectivity index is 1.90. The summed E-state index contributed by atoms with van der Waals surface area (Å²) < 4.78 is 33.1. The number of hydrogen-bond acceptors (Lipinski definition) is 10. The van der Waals surface area contributed by atoms with Crippen LogP contribution in [0, 0.1) is 0 Å². The molecule has 0 amide bonds. The number of nitrogens with zero attached hydrogens (tertiary/aromatic N) is 4. The maximum atomic E-state index is 10.8. The first-order valence-corrected chi connectivity index (χ1v) is 8.78. The zero-order chi connectivity index (χ0) is 17.6. The van der Waals surface area contributed by atoms with Gasteiger partial charge in [0, 0.05) is 0 Å². The molecule has 0 spiro atoms. The average molecular weight is 425 g/mol. The first kappa shape index (κ1) is 17.4. The van der Waals surface area contributed by atoms with Gasteiger partial charge in [-0.3, -0.25) is 8.75 Å². The molecular formula is C10H13BrN6O6S. The molecule has 1 aliphatic heterocycles. The van der Waals surface area contributed by atoms with Gasteiger partial charge in [0.1, 0.15) is 23.8 Å². The zero-order valence-electron chi connectivity index (χ0n) is 11.9. The molecule has 3 rings (SSSR count). The first-order valence-electron chi connectivity index (χ1n) is 6.51. The number of ether oxygens (including phenoxy) is 1. The summed E-state index contributed by atoms with van der Waals surface area (Å²) in [4.78, 5) is 12.1. The van der Waals surface area contributed by atoms with Crippen LogP contribution in [0.2, 0.25) is 0 Å². The predicted octanol–water partition coefficient (Wildman–Crippen LogP) is -1.99. The van der Waals surface area contributed by atoms with E-state index in [2.05, 4.69) is 35.1 Å². The minimum absolute atomic E-state index is 0.118. The van der Waals surface area contributed by atoms with Gasteiger partial charge in [-0.2, -0.15) is 8.42 Å². The van der Waals surface area contributed by atoms with Gasteiger partial charge < -0.3 is 20.7 Å². The molecule has 0 saturated carbocycles. The van der Waals surface area contributed by atoms with Crippen molar-refractivity contribution in [2.24, 2.45) is 5.14 Å². The number of anilines is 1. The molecule has 4 atom stereocenters. The molecule has 6 N–H and O–H groups in total. The summed E-state index contributed by atoms with van der Waals surface area (Å²) in [6.45, 7) is -0.555. The Labute approximate surface area is 143 Å². The van der Waals surface area contributed by atoms with Gasteiger partial charge in [-0.05, 0) is 15.9 Å². The minimum Gasteiger partial charge on any atom is -0.387 e. The third kappa shape index (κ3) is 3.21. The summed E-state index contributed by atoms with van der Waals surface area (Å²) in [7, 11) is -4.20. The Morgan fingerprint density at radius 1 is 1.38 bits per heavy atom. The van der Waals surface area contributed by atoms with Gasteiger partial charge in [0.05, 0.1) is 12.9 Å². The maximum absolute atomic E-state index is 10.8. The Morgan fingerprint density at radius 3 is 2.75 bits per heavy atom. The van der Waals surface area contributed by atoms with Crippen molar-refractivity contribution in [2.45, 2.75) is 24.5 Å². The lowest BCUT2D eigenvalue weighted by molar-refractivity contribution is -0.0467. The molecule has 0 radical (unpaired) electrons. The minimum atomic E-state index is -4.20. The second kappa shape index (κ2) is 6.14. The highest BCUT2D eigenvalue weighted by Crippen LogP contribution is 2.32. The van der Waals surface area contributed by atoms with E-state index in [1.807, 2.05) is 0 Å². The summed E-state index contributed by atoms with van der Waals surface area (Å²) in [5.74, 6) is 0.118. The highest BCUT2D eigenvalue weighted by Gasteiger charge is 2.45. The summed E-state index contributed by atoms with van der Waals surface area (Å²) >= 11 is 3.10. The van der Waals surface area contributed by atoms with Crippen LogP contribution in [-0.2, 0) is 19.2 Å².